The Balaban J connectivity index is 3.38. The number of carbonyl (C=O) groups is 1. The average Bonchev–Trinajstić information content (AvgIpc) is 2.26. The minimum atomic E-state index is -2.89. The molecule has 0 saturated carbocycles. The molecule has 1 aromatic heterocycles. The van der Waals surface area contributed by atoms with E-state index in [1.807, 2.05) is 0 Å². The van der Waals surface area contributed by atoms with Crippen molar-refractivity contribution in [2.24, 2.45) is 0 Å². The van der Waals surface area contributed by atoms with Crippen molar-refractivity contribution in [1.29, 1.82) is 5.26 Å². The fourth-order valence-corrected chi connectivity index (χ4v) is 1.33. The number of hydrogen-bond donors (Lipinski definition) is 1. The third kappa shape index (κ3) is 2.66. The van der Waals surface area contributed by atoms with E-state index < -0.39 is 24.5 Å². The van der Waals surface area contributed by atoms with Crippen molar-refractivity contribution in [2.75, 3.05) is 7.11 Å². The molecule has 7 heteroatoms. The molecule has 0 aromatic carbocycles. The number of aromatic nitrogens is 1. The van der Waals surface area contributed by atoms with Crippen molar-refractivity contribution in [3.05, 3.63) is 23.0 Å². The second-order valence-electron chi connectivity index (χ2n) is 3.06. The van der Waals surface area contributed by atoms with Gasteiger partial charge in [0.2, 0.25) is 0 Å². The zero-order valence-corrected chi connectivity index (χ0v) is 8.78. The van der Waals surface area contributed by atoms with E-state index in [-0.39, 0.29) is 16.9 Å². The average molecular weight is 242 g/mol. The summed E-state index contributed by atoms with van der Waals surface area (Å²) in [5.74, 6) is -1.56. The zero-order chi connectivity index (χ0) is 13.0. The first-order valence-corrected chi connectivity index (χ1v) is 4.47. The van der Waals surface area contributed by atoms with Crippen molar-refractivity contribution in [3.63, 3.8) is 0 Å². The number of aliphatic carboxylic acids is 1. The van der Waals surface area contributed by atoms with E-state index in [9.17, 15) is 13.6 Å². The summed E-state index contributed by atoms with van der Waals surface area (Å²) in [6.07, 6.45) is -2.41. The van der Waals surface area contributed by atoms with Crippen LogP contribution in [0, 0.1) is 11.3 Å². The Bertz CT molecular complexity index is 483. The number of hydrogen-bond acceptors (Lipinski definition) is 4. The van der Waals surface area contributed by atoms with Gasteiger partial charge in [-0.3, -0.25) is 9.78 Å². The number of pyridine rings is 1. The molecule has 1 heterocycles. The highest BCUT2D eigenvalue weighted by Gasteiger charge is 2.22. The SMILES string of the molecule is COc1c(C(F)F)ncc(CC(=O)O)c1C#N. The second-order valence-corrected chi connectivity index (χ2v) is 3.06. The lowest BCUT2D eigenvalue weighted by Gasteiger charge is -2.10. The van der Waals surface area contributed by atoms with E-state index in [1.54, 1.807) is 6.07 Å². The molecule has 0 aliphatic carbocycles. The summed E-state index contributed by atoms with van der Waals surface area (Å²) in [4.78, 5) is 14.0. The molecule has 5 nitrogen and oxygen atoms in total. The lowest BCUT2D eigenvalue weighted by Crippen LogP contribution is -2.07. The third-order valence-electron chi connectivity index (χ3n) is 2.00. The summed E-state index contributed by atoms with van der Waals surface area (Å²) in [5.41, 5.74) is -0.848. The molecule has 0 amide bonds. The quantitative estimate of drug-likeness (QED) is 0.865. The van der Waals surface area contributed by atoms with E-state index in [0.29, 0.717) is 0 Å². The van der Waals surface area contributed by atoms with Gasteiger partial charge < -0.3 is 9.84 Å². The Morgan fingerprint density at radius 2 is 2.35 bits per heavy atom. The van der Waals surface area contributed by atoms with Crippen molar-refractivity contribution in [1.82, 2.24) is 4.98 Å². The first kappa shape index (κ1) is 12.8. The largest absolute Gasteiger partial charge is 0.493 e. The molecule has 0 aliphatic heterocycles. The number of alkyl halides is 2. The zero-order valence-electron chi connectivity index (χ0n) is 8.78. The Kier molecular flexibility index (Phi) is 3.93. The van der Waals surface area contributed by atoms with Crippen molar-refractivity contribution >= 4 is 5.97 Å². The molecule has 90 valence electrons. The van der Waals surface area contributed by atoms with Gasteiger partial charge in [-0.25, -0.2) is 8.78 Å². The van der Waals surface area contributed by atoms with Crippen LogP contribution in [0.25, 0.3) is 0 Å². The van der Waals surface area contributed by atoms with Gasteiger partial charge in [0, 0.05) is 11.8 Å². The number of ether oxygens (including phenoxy) is 1. The summed E-state index contributed by atoms with van der Waals surface area (Å²) in [5, 5.41) is 17.5. The number of methoxy groups -OCH3 is 1. The van der Waals surface area contributed by atoms with Crippen molar-refractivity contribution in [3.8, 4) is 11.8 Å². The van der Waals surface area contributed by atoms with Crippen LogP contribution in [0.1, 0.15) is 23.2 Å². The molecule has 0 atom stereocenters. The van der Waals surface area contributed by atoms with Crippen LogP contribution in [0.5, 0.6) is 5.75 Å². The van der Waals surface area contributed by atoms with Gasteiger partial charge in [0.05, 0.1) is 13.5 Å². The van der Waals surface area contributed by atoms with Gasteiger partial charge in [-0.1, -0.05) is 0 Å². The lowest BCUT2D eigenvalue weighted by molar-refractivity contribution is -0.136. The number of nitriles is 1. The first-order chi connectivity index (χ1) is 8.01. The summed E-state index contributed by atoms with van der Waals surface area (Å²) in [6.45, 7) is 0. The normalized spacial score (nSPS) is 10.1. The van der Waals surface area contributed by atoms with Crippen LogP contribution in [-0.4, -0.2) is 23.2 Å². The van der Waals surface area contributed by atoms with E-state index in [1.165, 1.54) is 0 Å². The molecule has 0 aliphatic rings. The molecule has 0 fully saturated rings. The summed E-state index contributed by atoms with van der Waals surface area (Å²) >= 11 is 0. The first-order valence-electron chi connectivity index (χ1n) is 4.47. The van der Waals surface area contributed by atoms with Gasteiger partial charge in [0.1, 0.15) is 17.3 Å². The highest BCUT2D eigenvalue weighted by atomic mass is 19.3. The van der Waals surface area contributed by atoms with Crippen LogP contribution in [0.2, 0.25) is 0 Å². The Morgan fingerprint density at radius 1 is 1.71 bits per heavy atom. The predicted octanol–water partition coefficient (Wildman–Crippen LogP) is 1.53. The molecule has 0 bridgehead atoms. The van der Waals surface area contributed by atoms with Crippen molar-refractivity contribution in [2.45, 2.75) is 12.8 Å². The molecule has 0 radical (unpaired) electrons. The number of rotatable bonds is 4. The fourth-order valence-electron chi connectivity index (χ4n) is 1.33. The summed E-state index contributed by atoms with van der Waals surface area (Å²) < 4.78 is 29.8. The van der Waals surface area contributed by atoms with Crippen LogP contribution in [-0.2, 0) is 11.2 Å². The molecule has 17 heavy (non-hydrogen) atoms. The van der Waals surface area contributed by atoms with Crippen LogP contribution in [0.4, 0.5) is 8.78 Å². The van der Waals surface area contributed by atoms with Crippen molar-refractivity contribution < 1.29 is 23.4 Å². The molecule has 0 spiro atoms. The van der Waals surface area contributed by atoms with Gasteiger partial charge >= 0.3 is 5.97 Å². The maximum absolute atomic E-state index is 12.6. The number of carboxylic acids is 1. The molecular formula is C10H8F2N2O3. The van der Waals surface area contributed by atoms with E-state index in [2.05, 4.69) is 4.98 Å². The highest BCUT2D eigenvalue weighted by Crippen LogP contribution is 2.31. The van der Waals surface area contributed by atoms with Crippen LogP contribution in [0.3, 0.4) is 0 Å². The van der Waals surface area contributed by atoms with Gasteiger partial charge in [0.25, 0.3) is 6.43 Å². The molecule has 0 saturated heterocycles. The highest BCUT2D eigenvalue weighted by molar-refractivity contribution is 5.72. The summed E-state index contributed by atoms with van der Waals surface area (Å²) in [7, 11) is 1.12. The van der Waals surface area contributed by atoms with E-state index in [0.717, 1.165) is 13.3 Å². The van der Waals surface area contributed by atoms with Crippen LogP contribution in [0.15, 0.2) is 6.20 Å². The Hall–Kier alpha value is -2.23. The maximum Gasteiger partial charge on any atom is 0.307 e. The minimum Gasteiger partial charge on any atom is -0.493 e. The van der Waals surface area contributed by atoms with E-state index >= 15 is 0 Å². The topological polar surface area (TPSA) is 83.2 Å². The predicted molar refractivity (Wildman–Crippen MR) is 51.8 cm³/mol. The molecular weight excluding hydrogens is 234 g/mol. The van der Waals surface area contributed by atoms with Gasteiger partial charge in [0.15, 0.2) is 5.75 Å². The van der Waals surface area contributed by atoms with Gasteiger partial charge in [-0.15, -0.1) is 0 Å². The summed E-state index contributed by atoms with van der Waals surface area (Å²) in [6, 6.07) is 1.65. The molecule has 0 unspecified atom stereocenters. The smallest absolute Gasteiger partial charge is 0.307 e. The third-order valence-corrected chi connectivity index (χ3v) is 2.00. The number of carboxylic acid groups (broad SMARTS) is 1. The monoisotopic (exact) mass is 242 g/mol. The molecule has 1 N–H and O–H groups in total. The number of nitrogens with zero attached hydrogens (tertiary/aromatic N) is 2. The Labute approximate surface area is 95.3 Å². The molecule has 1 aromatic rings. The van der Waals surface area contributed by atoms with Crippen LogP contribution >= 0.6 is 0 Å². The molecule has 1 rings (SSSR count). The fraction of sp³-hybridized carbons (Fsp3) is 0.300. The second kappa shape index (κ2) is 5.21. The van der Waals surface area contributed by atoms with E-state index in [4.69, 9.17) is 15.1 Å². The lowest BCUT2D eigenvalue weighted by atomic mass is 10.1. The maximum atomic E-state index is 12.6. The van der Waals surface area contributed by atoms with Crippen LogP contribution < -0.4 is 4.74 Å². The van der Waals surface area contributed by atoms with Gasteiger partial charge in [-0.05, 0) is 0 Å². The number of halogens is 2. The standard InChI is InChI=1S/C10H8F2N2O3/c1-17-9-6(3-13)5(2-7(15)16)4-14-8(9)10(11)12/h4,10H,2H2,1H3,(H,15,16). The minimum absolute atomic E-state index is 0.0428. The van der Waals surface area contributed by atoms with Gasteiger partial charge in [-0.2, -0.15) is 5.26 Å². The Morgan fingerprint density at radius 3 is 2.76 bits per heavy atom.